The van der Waals surface area contributed by atoms with Crippen LogP contribution in [-0.2, 0) is 6.54 Å². The summed E-state index contributed by atoms with van der Waals surface area (Å²) in [6.45, 7) is 2.23. The molecule has 96 valence electrons. The van der Waals surface area contributed by atoms with Crippen molar-refractivity contribution in [3.8, 4) is 0 Å². The van der Waals surface area contributed by atoms with Gasteiger partial charge in [0, 0.05) is 11.2 Å². The zero-order valence-electron chi connectivity index (χ0n) is 10.8. The van der Waals surface area contributed by atoms with Crippen LogP contribution in [0, 0.1) is 5.92 Å². The number of rotatable bonds is 4. The Morgan fingerprint density at radius 1 is 1.11 bits per heavy atom. The summed E-state index contributed by atoms with van der Waals surface area (Å²) in [5.74, 6) is 0.920. The van der Waals surface area contributed by atoms with Crippen LogP contribution >= 0.6 is 11.3 Å². The van der Waals surface area contributed by atoms with Gasteiger partial charge in [-0.3, -0.25) is 0 Å². The maximum atomic E-state index is 3.66. The van der Waals surface area contributed by atoms with Crippen molar-refractivity contribution in [3.63, 3.8) is 0 Å². The van der Waals surface area contributed by atoms with Crippen LogP contribution in [0.1, 0.15) is 37.7 Å². The van der Waals surface area contributed by atoms with Gasteiger partial charge in [-0.25, -0.2) is 0 Å². The van der Waals surface area contributed by atoms with E-state index in [-0.39, 0.29) is 0 Å². The van der Waals surface area contributed by atoms with Crippen LogP contribution in [0.3, 0.4) is 0 Å². The lowest BCUT2D eigenvalue weighted by Gasteiger charge is -2.21. The first-order chi connectivity index (χ1) is 8.93. The molecular weight excluding hydrogens is 238 g/mol. The summed E-state index contributed by atoms with van der Waals surface area (Å²) in [4.78, 5) is 0. The van der Waals surface area contributed by atoms with Crippen LogP contribution < -0.4 is 5.32 Å². The fourth-order valence-corrected chi connectivity index (χ4v) is 3.93. The van der Waals surface area contributed by atoms with E-state index in [0.717, 1.165) is 12.5 Å². The molecule has 0 aliphatic heterocycles. The Morgan fingerprint density at radius 2 is 1.94 bits per heavy atom. The van der Waals surface area contributed by atoms with Crippen molar-refractivity contribution >= 4 is 21.4 Å². The lowest BCUT2D eigenvalue weighted by atomic mass is 9.89. The lowest BCUT2D eigenvalue weighted by Crippen LogP contribution is -2.23. The first kappa shape index (κ1) is 12.2. The smallest absolute Gasteiger partial charge is 0.0346 e. The molecule has 0 unspecified atom stereocenters. The van der Waals surface area contributed by atoms with Gasteiger partial charge in [-0.15, -0.1) is 11.3 Å². The highest BCUT2D eigenvalue weighted by molar-refractivity contribution is 7.17. The molecular formula is C16H21NS. The third-order valence-corrected chi connectivity index (χ3v) is 5.05. The third-order valence-electron chi connectivity index (χ3n) is 4.03. The molecule has 1 aromatic carbocycles. The van der Waals surface area contributed by atoms with Crippen molar-refractivity contribution in [1.29, 1.82) is 0 Å². The normalized spacial score (nSPS) is 17.3. The molecule has 1 aliphatic carbocycles. The van der Waals surface area contributed by atoms with Crippen molar-refractivity contribution < 1.29 is 0 Å². The summed E-state index contributed by atoms with van der Waals surface area (Å²) in [5.41, 5.74) is 1.46. The minimum atomic E-state index is 0.920. The van der Waals surface area contributed by atoms with Gasteiger partial charge in [0.05, 0.1) is 0 Å². The van der Waals surface area contributed by atoms with Crippen LogP contribution in [0.2, 0.25) is 0 Å². The van der Waals surface area contributed by atoms with Crippen molar-refractivity contribution in [2.24, 2.45) is 5.92 Å². The summed E-state index contributed by atoms with van der Waals surface area (Å²) >= 11 is 1.86. The molecule has 0 bridgehead atoms. The van der Waals surface area contributed by atoms with E-state index in [1.54, 1.807) is 0 Å². The Balaban J connectivity index is 1.56. The van der Waals surface area contributed by atoms with Gasteiger partial charge in [-0.05, 0) is 47.7 Å². The molecule has 1 aliphatic rings. The molecule has 18 heavy (non-hydrogen) atoms. The minimum Gasteiger partial charge on any atom is -0.312 e. The number of benzene rings is 1. The average molecular weight is 259 g/mol. The van der Waals surface area contributed by atoms with Crippen molar-refractivity contribution in [2.45, 2.75) is 38.6 Å². The van der Waals surface area contributed by atoms with Crippen molar-refractivity contribution in [1.82, 2.24) is 5.32 Å². The van der Waals surface area contributed by atoms with Crippen LogP contribution in [0.15, 0.2) is 29.6 Å². The van der Waals surface area contributed by atoms with E-state index in [1.165, 1.54) is 54.3 Å². The van der Waals surface area contributed by atoms with Crippen LogP contribution in [0.5, 0.6) is 0 Å². The van der Waals surface area contributed by atoms with E-state index in [0.29, 0.717) is 0 Å². The monoisotopic (exact) mass is 259 g/mol. The quantitative estimate of drug-likeness (QED) is 0.848. The topological polar surface area (TPSA) is 12.0 Å². The summed E-state index contributed by atoms with van der Waals surface area (Å²) in [6.07, 6.45) is 7.18. The molecule has 0 saturated heterocycles. The van der Waals surface area contributed by atoms with Gasteiger partial charge >= 0.3 is 0 Å². The fourth-order valence-electron chi connectivity index (χ4n) is 2.97. The minimum absolute atomic E-state index is 0.920. The number of hydrogen-bond donors (Lipinski definition) is 1. The Morgan fingerprint density at radius 3 is 2.83 bits per heavy atom. The summed E-state index contributed by atoms with van der Waals surface area (Å²) in [6, 6.07) is 8.71. The van der Waals surface area contributed by atoms with Crippen molar-refractivity contribution in [3.05, 3.63) is 35.2 Å². The highest BCUT2D eigenvalue weighted by Gasteiger charge is 2.12. The molecule has 2 aromatic rings. The van der Waals surface area contributed by atoms with Gasteiger partial charge in [-0.1, -0.05) is 37.5 Å². The molecule has 1 saturated carbocycles. The van der Waals surface area contributed by atoms with Crippen LogP contribution in [0.25, 0.3) is 10.1 Å². The Bertz CT molecular complexity index is 497. The zero-order chi connectivity index (χ0) is 12.2. The second kappa shape index (κ2) is 5.85. The number of thiophene rings is 1. The van der Waals surface area contributed by atoms with Crippen molar-refractivity contribution in [2.75, 3.05) is 6.54 Å². The van der Waals surface area contributed by atoms with Gasteiger partial charge < -0.3 is 5.32 Å². The molecule has 2 heteroatoms. The Kier molecular flexibility index (Phi) is 3.96. The molecule has 0 atom stereocenters. The second-order valence-electron chi connectivity index (χ2n) is 5.39. The lowest BCUT2D eigenvalue weighted by molar-refractivity contribution is 0.342. The first-order valence-corrected chi connectivity index (χ1v) is 7.97. The Labute approximate surface area is 113 Å². The molecule has 3 rings (SSSR count). The van der Waals surface area contributed by atoms with Gasteiger partial charge in [0.25, 0.3) is 0 Å². The summed E-state index contributed by atoms with van der Waals surface area (Å²) < 4.78 is 1.41. The SMILES string of the molecule is c1ccc2c(CNCC3CCCCC3)csc2c1. The Hall–Kier alpha value is -0.860. The van der Waals surface area contributed by atoms with Crippen LogP contribution in [-0.4, -0.2) is 6.54 Å². The largest absolute Gasteiger partial charge is 0.312 e. The highest BCUT2D eigenvalue weighted by Crippen LogP contribution is 2.26. The zero-order valence-corrected chi connectivity index (χ0v) is 11.6. The molecule has 1 heterocycles. The molecule has 0 amide bonds. The van der Waals surface area contributed by atoms with E-state index in [2.05, 4.69) is 35.0 Å². The molecule has 1 nitrogen and oxygen atoms in total. The third kappa shape index (κ3) is 2.76. The molecule has 1 aromatic heterocycles. The van der Waals surface area contributed by atoms with Gasteiger partial charge in [0.15, 0.2) is 0 Å². The van der Waals surface area contributed by atoms with Gasteiger partial charge in [0.2, 0.25) is 0 Å². The predicted octanol–water partition coefficient (Wildman–Crippen LogP) is 4.57. The average Bonchev–Trinajstić information content (AvgIpc) is 2.84. The van der Waals surface area contributed by atoms with E-state index in [4.69, 9.17) is 0 Å². The highest BCUT2D eigenvalue weighted by atomic mass is 32.1. The van der Waals surface area contributed by atoms with Gasteiger partial charge in [0.1, 0.15) is 0 Å². The molecule has 0 radical (unpaired) electrons. The maximum absolute atomic E-state index is 3.66. The number of nitrogens with one attached hydrogen (secondary N) is 1. The fraction of sp³-hybridized carbons (Fsp3) is 0.500. The maximum Gasteiger partial charge on any atom is 0.0346 e. The van der Waals surface area contributed by atoms with E-state index in [1.807, 2.05) is 11.3 Å². The first-order valence-electron chi connectivity index (χ1n) is 7.09. The second-order valence-corrected chi connectivity index (χ2v) is 6.30. The summed E-state index contributed by atoms with van der Waals surface area (Å²) in [7, 11) is 0. The van der Waals surface area contributed by atoms with E-state index in [9.17, 15) is 0 Å². The van der Waals surface area contributed by atoms with Gasteiger partial charge in [-0.2, -0.15) is 0 Å². The standard InChI is InChI=1S/C16H21NS/c1-2-6-13(7-3-1)10-17-11-14-12-18-16-9-5-4-8-15(14)16/h4-5,8-9,12-13,17H,1-3,6-7,10-11H2. The van der Waals surface area contributed by atoms with E-state index >= 15 is 0 Å². The predicted molar refractivity (Wildman–Crippen MR) is 80.1 cm³/mol. The van der Waals surface area contributed by atoms with Crippen LogP contribution in [0.4, 0.5) is 0 Å². The molecule has 1 fully saturated rings. The molecule has 1 N–H and O–H groups in total. The number of fused-ring (bicyclic) bond motifs is 1. The van der Waals surface area contributed by atoms with E-state index < -0.39 is 0 Å². The number of hydrogen-bond acceptors (Lipinski definition) is 2. The molecule has 0 spiro atoms. The summed E-state index contributed by atoms with van der Waals surface area (Å²) in [5, 5.41) is 7.39.